The van der Waals surface area contributed by atoms with E-state index in [9.17, 15) is 8.42 Å². The van der Waals surface area contributed by atoms with E-state index in [1.165, 1.54) is 0 Å². The van der Waals surface area contributed by atoms with Crippen LogP contribution in [0, 0.1) is 13.8 Å². The van der Waals surface area contributed by atoms with Crippen LogP contribution < -0.4 is 4.90 Å². The molecule has 0 atom stereocenters. The van der Waals surface area contributed by atoms with Crippen molar-refractivity contribution < 1.29 is 13.2 Å². The predicted molar refractivity (Wildman–Crippen MR) is 108 cm³/mol. The molecule has 2 aromatic heterocycles. The number of sulfonamides is 1. The van der Waals surface area contributed by atoms with Crippen molar-refractivity contribution >= 4 is 16.0 Å². The van der Waals surface area contributed by atoms with Crippen LogP contribution in [0.5, 0.6) is 0 Å². The molecule has 1 fully saturated rings. The van der Waals surface area contributed by atoms with Gasteiger partial charge in [-0.1, -0.05) is 0 Å². The molecule has 2 aromatic rings. The molecule has 10 heteroatoms. The molecule has 0 N–H and O–H groups in total. The van der Waals surface area contributed by atoms with Crippen molar-refractivity contribution in [3.05, 3.63) is 28.8 Å². The second-order valence-corrected chi connectivity index (χ2v) is 9.93. The molecule has 4 heterocycles. The standard InChI is InChI=1S/C19H28N6O3S/c1-13-16(14(2)24(5)22-13)29(26,27)25-9-7-19(8-10-25)17-15(6-11-28-19)12-20-18(21-17)23(3)4/h12H,6-11H2,1-5H3. The highest BCUT2D eigenvalue weighted by molar-refractivity contribution is 7.89. The Morgan fingerprint density at radius 3 is 2.48 bits per heavy atom. The van der Waals surface area contributed by atoms with Crippen LogP contribution in [0.4, 0.5) is 5.95 Å². The van der Waals surface area contributed by atoms with Crippen molar-refractivity contribution in [1.29, 1.82) is 0 Å². The van der Waals surface area contributed by atoms with Gasteiger partial charge in [0.1, 0.15) is 10.5 Å². The zero-order valence-corrected chi connectivity index (χ0v) is 18.5. The van der Waals surface area contributed by atoms with Gasteiger partial charge in [-0.05, 0) is 38.7 Å². The van der Waals surface area contributed by atoms with Gasteiger partial charge in [-0.25, -0.2) is 18.4 Å². The highest BCUT2D eigenvalue weighted by Crippen LogP contribution is 2.42. The van der Waals surface area contributed by atoms with Gasteiger partial charge in [0.05, 0.1) is 23.7 Å². The Morgan fingerprint density at radius 1 is 1.21 bits per heavy atom. The van der Waals surface area contributed by atoms with E-state index in [1.807, 2.05) is 25.2 Å². The summed E-state index contributed by atoms with van der Waals surface area (Å²) in [5.74, 6) is 0.644. The number of aryl methyl sites for hydroxylation is 2. The minimum Gasteiger partial charge on any atom is -0.368 e. The number of anilines is 1. The molecule has 0 aliphatic carbocycles. The van der Waals surface area contributed by atoms with E-state index in [1.54, 1.807) is 29.9 Å². The summed E-state index contributed by atoms with van der Waals surface area (Å²) < 4.78 is 36.0. The van der Waals surface area contributed by atoms with Crippen molar-refractivity contribution in [3.63, 3.8) is 0 Å². The predicted octanol–water partition coefficient (Wildman–Crippen LogP) is 1.15. The summed E-state index contributed by atoms with van der Waals surface area (Å²) >= 11 is 0. The summed E-state index contributed by atoms with van der Waals surface area (Å²) in [6.45, 7) is 4.91. The lowest BCUT2D eigenvalue weighted by Crippen LogP contribution is -2.49. The molecule has 0 radical (unpaired) electrons. The maximum absolute atomic E-state index is 13.3. The van der Waals surface area contributed by atoms with Gasteiger partial charge < -0.3 is 9.64 Å². The van der Waals surface area contributed by atoms with Crippen molar-refractivity contribution in [2.75, 3.05) is 38.7 Å². The summed E-state index contributed by atoms with van der Waals surface area (Å²) in [5, 5.41) is 4.28. The molecule has 158 valence electrons. The lowest BCUT2D eigenvalue weighted by atomic mass is 9.84. The van der Waals surface area contributed by atoms with E-state index in [4.69, 9.17) is 9.72 Å². The van der Waals surface area contributed by atoms with Crippen molar-refractivity contribution in [2.45, 2.75) is 43.6 Å². The Labute approximate surface area is 171 Å². The normalized spacial score (nSPS) is 19.3. The maximum atomic E-state index is 13.3. The SMILES string of the molecule is Cc1nn(C)c(C)c1S(=O)(=O)N1CCC2(CC1)OCCc1cnc(N(C)C)nc12. The Balaban J connectivity index is 1.63. The molecule has 9 nitrogen and oxygen atoms in total. The molecule has 0 bridgehead atoms. The van der Waals surface area contributed by atoms with E-state index < -0.39 is 15.6 Å². The maximum Gasteiger partial charge on any atom is 0.246 e. The number of piperidine rings is 1. The summed E-state index contributed by atoms with van der Waals surface area (Å²) in [7, 11) is 1.98. The molecular formula is C19H28N6O3S. The summed E-state index contributed by atoms with van der Waals surface area (Å²) in [6, 6.07) is 0. The first-order valence-corrected chi connectivity index (χ1v) is 11.3. The minimum absolute atomic E-state index is 0.318. The largest absolute Gasteiger partial charge is 0.368 e. The fraction of sp³-hybridized carbons (Fsp3) is 0.632. The molecular weight excluding hydrogens is 392 g/mol. The Hall–Kier alpha value is -2.04. The fourth-order valence-corrected chi connectivity index (χ4v) is 6.18. The van der Waals surface area contributed by atoms with E-state index in [0.717, 1.165) is 17.7 Å². The summed E-state index contributed by atoms with van der Waals surface area (Å²) in [4.78, 5) is 11.4. The van der Waals surface area contributed by atoms with E-state index in [0.29, 0.717) is 54.8 Å². The second kappa shape index (κ2) is 7.03. The van der Waals surface area contributed by atoms with Crippen LogP contribution in [-0.4, -0.2) is 66.3 Å². The van der Waals surface area contributed by atoms with Gasteiger partial charge in [0.15, 0.2) is 0 Å². The Bertz CT molecular complexity index is 1040. The van der Waals surface area contributed by atoms with Gasteiger partial charge in [-0.3, -0.25) is 4.68 Å². The quantitative estimate of drug-likeness (QED) is 0.735. The summed E-state index contributed by atoms with van der Waals surface area (Å²) in [5.41, 5.74) is 2.65. The molecule has 1 spiro atoms. The first kappa shape index (κ1) is 20.2. The number of nitrogens with zero attached hydrogens (tertiary/aromatic N) is 6. The fourth-order valence-electron chi connectivity index (χ4n) is 4.34. The van der Waals surface area contributed by atoms with Gasteiger partial charge in [0.2, 0.25) is 16.0 Å². The Morgan fingerprint density at radius 2 is 1.90 bits per heavy atom. The third-order valence-corrected chi connectivity index (χ3v) is 8.16. The zero-order valence-electron chi connectivity index (χ0n) is 17.6. The Kier molecular flexibility index (Phi) is 4.91. The molecule has 0 amide bonds. The number of hydrogen-bond donors (Lipinski definition) is 0. The third kappa shape index (κ3) is 3.23. The van der Waals surface area contributed by atoms with E-state index >= 15 is 0 Å². The summed E-state index contributed by atoms with van der Waals surface area (Å²) in [6.07, 6.45) is 3.80. The van der Waals surface area contributed by atoms with Crippen molar-refractivity contribution in [3.8, 4) is 0 Å². The average Bonchev–Trinajstić information content (AvgIpc) is 2.94. The molecule has 0 unspecified atom stereocenters. The first-order chi connectivity index (χ1) is 13.7. The molecule has 0 aromatic carbocycles. The zero-order chi connectivity index (χ0) is 21.0. The molecule has 4 rings (SSSR count). The first-order valence-electron chi connectivity index (χ1n) is 9.84. The highest BCUT2D eigenvalue weighted by atomic mass is 32.2. The highest BCUT2D eigenvalue weighted by Gasteiger charge is 2.45. The molecule has 2 aliphatic heterocycles. The van der Waals surface area contributed by atoms with Crippen LogP contribution in [0.15, 0.2) is 11.1 Å². The molecule has 1 saturated heterocycles. The van der Waals surface area contributed by atoms with Crippen LogP contribution in [0.2, 0.25) is 0 Å². The smallest absolute Gasteiger partial charge is 0.246 e. The number of ether oxygens (including phenoxy) is 1. The third-order valence-electron chi connectivity index (χ3n) is 6.00. The topological polar surface area (TPSA) is 93.5 Å². The van der Waals surface area contributed by atoms with Gasteiger partial charge in [-0.2, -0.15) is 9.40 Å². The second-order valence-electron chi connectivity index (χ2n) is 8.06. The van der Waals surface area contributed by atoms with Gasteiger partial charge >= 0.3 is 0 Å². The monoisotopic (exact) mass is 420 g/mol. The minimum atomic E-state index is -3.60. The van der Waals surface area contributed by atoms with Crippen molar-refractivity contribution in [1.82, 2.24) is 24.1 Å². The van der Waals surface area contributed by atoms with Crippen LogP contribution in [0.25, 0.3) is 0 Å². The van der Waals surface area contributed by atoms with Crippen LogP contribution in [-0.2, 0) is 33.8 Å². The van der Waals surface area contributed by atoms with Crippen LogP contribution in [0.1, 0.15) is 35.5 Å². The number of aromatic nitrogens is 4. The van der Waals surface area contributed by atoms with Crippen LogP contribution in [0.3, 0.4) is 0 Å². The molecule has 2 aliphatic rings. The molecule has 29 heavy (non-hydrogen) atoms. The lowest BCUT2D eigenvalue weighted by Gasteiger charge is -2.43. The average molecular weight is 421 g/mol. The van der Waals surface area contributed by atoms with Crippen LogP contribution >= 0.6 is 0 Å². The van der Waals surface area contributed by atoms with Crippen molar-refractivity contribution in [2.24, 2.45) is 7.05 Å². The van der Waals surface area contributed by atoms with E-state index in [2.05, 4.69) is 10.1 Å². The van der Waals surface area contributed by atoms with Gasteiger partial charge in [0, 0.05) is 40.4 Å². The molecule has 0 saturated carbocycles. The number of rotatable bonds is 3. The lowest BCUT2D eigenvalue weighted by molar-refractivity contribution is -0.0925. The number of fused-ring (bicyclic) bond motifs is 2. The van der Waals surface area contributed by atoms with Gasteiger partial charge in [0.25, 0.3) is 0 Å². The number of hydrogen-bond acceptors (Lipinski definition) is 7. The van der Waals surface area contributed by atoms with E-state index in [-0.39, 0.29) is 0 Å². The van der Waals surface area contributed by atoms with Gasteiger partial charge in [-0.15, -0.1) is 0 Å².